The number of imidazole rings is 1. The fourth-order valence-electron chi connectivity index (χ4n) is 4.93. The number of amides is 1. The summed E-state index contributed by atoms with van der Waals surface area (Å²) >= 11 is 0. The zero-order chi connectivity index (χ0) is 29.3. The van der Waals surface area contributed by atoms with Crippen LogP contribution in [0.1, 0.15) is 52.6 Å². The van der Waals surface area contributed by atoms with E-state index in [9.17, 15) is 23.2 Å². The minimum Gasteiger partial charge on any atom is -0.365 e. The molecule has 0 fully saturated rings. The van der Waals surface area contributed by atoms with Gasteiger partial charge in [0.05, 0.1) is 11.8 Å². The first-order chi connectivity index (χ1) is 19.6. The summed E-state index contributed by atoms with van der Waals surface area (Å²) in [6.45, 7) is 4.86. The lowest BCUT2D eigenvalue weighted by atomic mass is 9.96. The first-order valence-electron chi connectivity index (χ1n) is 13.2. The number of anilines is 1. The molecule has 1 amide bonds. The maximum absolute atomic E-state index is 13.3. The van der Waals surface area contributed by atoms with Gasteiger partial charge in [-0.3, -0.25) is 4.79 Å². The van der Waals surface area contributed by atoms with Crippen molar-refractivity contribution in [3.63, 3.8) is 0 Å². The van der Waals surface area contributed by atoms with Gasteiger partial charge in [0.1, 0.15) is 23.8 Å². The molecular formula is C30H28F3N7O. The summed E-state index contributed by atoms with van der Waals surface area (Å²) in [4.78, 5) is 28.1. The summed E-state index contributed by atoms with van der Waals surface area (Å²) in [5.41, 5.74) is 3.37. The molecule has 3 heterocycles. The molecule has 1 N–H and O–H groups in total. The van der Waals surface area contributed by atoms with Crippen molar-refractivity contribution in [2.75, 3.05) is 18.4 Å². The van der Waals surface area contributed by atoms with Gasteiger partial charge in [0, 0.05) is 43.9 Å². The van der Waals surface area contributed by atoms with Gasteiger partial charge in [-0.25, -0.2) is 15.0 Å². The van der Waals surface area contributed by atoms with E-state index in [-0.39, 0.29) is 24.2 Å². The molecule has 5 rings (SSSR count). The summed E-state index contributed by atoms with van der Waals surface area (Å²) in [5.74, 6) is 1.03. The zero-order valence-corrected chi connectivity index (χ0v) is 22.8. The van der Waals surface area contributed by atoms with Gasteiger partial charge in [-0.1, -0.05) is 62.4 Å². The minimum atomic E-state index is -4.52. The Morgan fingerprint density at radius 1 is 1.07 bits per heavy atom. The van der Waals surface area contributed by atoms with Crippen molar-refractivity contribution in [2.24, 2.45) is 7.05 Å². The van der Waals surface area contributed by atoms with Crippen LogP contribution in [0.15, 0.2) is 54.7 Å². The molecule has 0 saturated heterocycles. The number of alkyl halides is 3. The van der Waals surface area contributed by atoms with Crippen molar-refractivity contribution in [3.05, 3.63) is 82.8 Å². The molecule has 1 aliphatic heterocycles. The number of aryl methyl sites for hydroxylation is 1. The van der Waals surface area contributed by atoms with Crippen LogP contribution in [-0.4, -0.2) is 43.4 Å². The van der Waals surface area contributed by atoms with Crippen LogP contribution in [0.2, 0.25) is 0 Å². The lowest BCUT2D eigenvalue weighted by Gasteiger charge is -2.28. The maximum Gasteiger partial charge on any atom is 0.434 e. The van der Waals surface area contributed by atoms with Crippen LogP contribution in [0, 0.1) is 11.3 Å². The molecule has 0 spiro atoms. The Morgan fingerprint density at radius 3 is 2.46 bits per heavy atom. The van der Waals surface area contributed by atoms with E-state index in [4.69, 9.17) is 9.97 Å². The number of benzene rings is 2. The second-order valence-corrected chi connectivity index (χ2v) is 10.2. The summed E-state index contributed by atoms with van der Waals surface area (Å²) < 4.78 is 40.6. The molecular weight excluding hydrogens is 531 g/mol. The van der Waals surface area contributed by atoms with Crippen LogP contribution in [0.4, 0.5) is 19.0 Å². The summed E-state index contributed by atoms with van der Waals surface area (Å²) in [6, 6.07) is 16.9. The average molecular weight is 560 g/mol. The second kappa shape index (κ2) is 11.0. The van der Waals surface area contributed by atoms with E-state index in [0.717, 1.165) is 22.9 Å². The Hall–Kier alpha value is -4.72. The Morgan fingerprint density at radius 2 is 1.80 bits per heavy atom. The van der Waals surface area contributed by atoms with Crippen molar-refractivity contribution in [2.45, 2.75) is 38.9 Å². The van der Waals surface area contributed by atoms with E-state index in [1.807, 2.05) is 30.3 Å². The fraction of sp³-hybridized carbons (Fsp3) is 0.300. The fourth-order valence-corrected chi connectivity index (χ4v) is 4.93. The van der Waals surface area contributed by atoms with Crippen LogP contribution < -0.4 is 5.32 Å². The summed E-state index contributed by atoms with van der Waals surface area (Å²) in [7, 11) is 1.52. The number of hydrogen-bond acceptors (Lipinski definition) is 6. The highest BCUT2D eigenvalue weighted by molar-refractivity contribution is 6.01. The van der Waals surface area contributed by atoms with Crippen LogP contribution in [0.25, 0.3) is 22.8 Å². The van der Waals surface area contributed by atoms with Crippen molar-refractivity contribution < 1.29 is 18.0 Å². The van der Waals surface area contributed by atoms with Gasteiger partial charge in [0.25, 0.3) is 5.91 Å². The molecule has 0 aliphatic carbocycles. The molecule has 11 heteroatoms. The van der Waals surface area contributed by atoms with E-state index in [1.54, 1.807) is 24.3 Å². The van der Waals surface area contributed by atoms with E-state index >= 15 is 0 Å². The molecule has 41 heavy (non-hydrogen) atoms. The lowest BCUT2D eigenvalue weighted by molar-refractivity contribution is -0.140. The Bertz CT molecular complexity index is 1640. The molecule has 4 aromatic rings. The van der Waals surface area contributed by atoms with Crippen molar-refractivity contribution in [3.8, 4) is 28.8 Å². The Balaban J connectivity index is 1.47. The molecule has 0 unspecified atom stereocenters. The van der Waals surface area contributed by atoms with Crippen molar-refractivity contribution in [1.29, 1.82) is 5.26 Å². The number of hydrogen-bond donors (Lipinski definition) is 1. The molecule has 210 valence electrons. The van der Waals surface area contributed by atoms with Gasteiger partial charge >= 0.3 is 6.18 Å². The molecule has 2 aromatic heterocycles. The second-order valence-electron chi connectivity index (χ2n) is 10.2. The topological polar surface area (TPSA) is 99.7 Å². The lowest BCUT2D eigenvalue weighted by Crippen LogP contribution is -2.39. The third-order valence-electron chi connectivity index (χ3n) is 7.03. The third kappa shape index (κ3) is 5.63. The van der Waals surface area contributed by atoms with E-state index < -0.39 is 11.9 Å². The molecule has 8 nitrogen and oxygen atoms in total. The van der Waals surface area contributed by atoms with E-state index in [2.05, 4.69) is 24.1 Å². The van der Waals surface area contributed by atoms with Crippen molar-refractivity contribution in [1.82, 2.24) is 24.4 Å². The van der Waals surface area contributed by atoms with Gasteiger partial charge in [-0.05, 0) is 17.0 Å². The molecule has 0 bridgehead atoms. The number of carbonyl (C=O) groups excluding carboxylic acids is 1. The van der Waals surface area contributed by atoms with Crippen LogP contribution in [0.5, 0.6) is 0 Å². The highest BCUT2D eigenvalue weighted by atomic mass is 19.4. The quantitative estimate of drug-likeness (QED) is 0.287. The minimum absolute atomic E-state index is 0.0274. The highest BCUT2D eigenvalue weighted by Crippen LogP contribution is 2.33. The number of nitrogens with one attached hydrogen (secondary N) is 1. The number of nitriles is 1. The summed E-state index contributed by atoms with van der Waals surface area (Å²) in [6.07, 6.45) is -3.06. The SMILES string of the molecule is CC(C)c1ccccc1-c1nc2c(c(NCc3ccc(-c4nc(C(F)(F)F)cn4C)cc3)n1)C(=O)N(CC#N)CC2. The number of rotatable bonds is 7. The van der Waals surface area contributed by atoms with Gasteiger partial charge in [0.15, 0.2) is 11.5 Å². The number of aromatic nitrogens is 4. The molecule has 0 saturated carbocycles. The monoisotopic (exact) mass is 559 g/mol. The van der Waals surface area contributed by atoms with Gasteiger partial charge < -0.3 is 14.8 Å². The van der Waals surface area contributed by atoms with E-state index in [0.29, 0.717) is 48.0 Å². The number of halogens is 3. The zero-order valence-electron chi connectivity index (χ0n) is 22.8. The number of carbonyl (C=O) groups is 1. The van der Waals surface area contributed by atoms with Crippen LogP contribution in [-0.2, 0) is 26.2 Å². The number of fused-ring (bicyclic) bond motifs is 1. The van der Waals surface area contributed by atoms with Crippen molar-refractivity contribution >= 4 is 11.7 Å². The smallest absolute Gasteiger partial charge is 0.365 e. The van der Waals surface area contributed by atoms with Crippen LogP contribution >= 0.6 is 0 Å². The molecule has 1 aliphatic rings. The normalized spacial score (nSPS) is 13.3. The van der Waals surface area contributed by atoms with E-state index in [1.165, 1.54) is 16.5 Å². The molecule has 2 aromatic carbocycles. The number of nitrogens with zero attached hydrogens (tertiary/aromatic N) is 6. The maximum atomic E-state index is 13.3. The predicted molar refractivity (Wildman–Crippen MR) is 148 cm³/mol. The molecule has 0 radical (unpaired) electrons. The van der Waals surface area contributed by atoms with Gasteiger partial charge in [-0.15, -0.1) is 0 Å². The Kier molecular flexibility index (Phi) is 7.49. The van der Waals surface area contributed by atoms with Gasteiger partial charge in [-0.2, -0.15) is 18.4 Å². The van der Waals surface area contributed by atoms with Crippen LogP contribution in [0.3, 0.4) is 0 Å². The Labute approximate surface area is 235 Å². The predicted octanol–water partition coefficient (Wildman–Crippen LogP) is 5.82. The third-order valence-corrected chi connectivity index (χ3v) is 7.03. The molecule has 0 atom stereocenters. The highest BCUT2D eigenvalue weighted by Gasteiger charge is 2.34. The largest absolute Gasteiger partial charge is 0.434 e. The van der Waals surface area contributed by atoms with Gasteiger partial charge in [0.2, 0.25) is 0 Å². The average Bonchev–Trinajstić information content (AvgIpc) is 3.35. The standard InChI is InChI=1S/C30H28F3N7O/c1-18(2)21-6-4-5-7-22(21)26-36-23-12-14-40(15-13-34)29(41)25(23)27(38-26)35-16-19-8-10-20(11-9-19)28-37-24(17-39(28)3)30(31,32)33/h4-11,17-18H,12,14-16H2,1-3H3,(H,35,36,38). The first-order valence-corrected chi connectivity index (χ1v) is 13.2. The first kappa shape index (κ1) is 27.8. The summed E-state index contributed by atoms with van der Waals surface area (Å²) in [5, 5.41) is 12.5.